The van der Waals surface area contributed by atoms with E-state index in [1.807, 2.05) is 13.0 Å². The molecule has 2 rings (SSSR count). The fourth-order valence-electron chi connectivity index (χ4n) is 2.65. The van der Waals surface area contributed by atoms with Gasteiger partial charge < -0.3 is 0 Å². The van der Waals surface area contributed by atoms with Crippen LogP contribution in [0.25, 0.3) is 6.08 Å². The molecule has 1 aliphatic carbocycles. The number of aldehydes is 1. The molecule has 1 nitrogen and oxygen atoms in total. The van der Waals surface area contributed by atoms with E-state index >= 15 is 0 Å². The lowest BCUT2D eigenvalue weighted by molar-refractivity contribution is -0.104. The summed E-state index contributed by atoms with van der Waals surface area (Å²) in [6, 6.07) is 6.71. The van der Waals surface area contributed by atoms with Crippen molar-refractivity contribution in [2.45, 2.75) is 39.0 Å². The summed E-state index contributed by atoms with van der Waals surface area (Å²) in [5, 5.41) is 0. The first kappa shape index (κ1) is 12.8. The molecule has 18 heavy (non-hydrogen) atoms. The fraction of sp³-hybridized carbons (Fsp3) is 0.353. The second-order valence-corrected chi connectivity index (χ2v) is 5.68. The van der Waals surface area contributed by atoms with E-state index in [2.05, 4.69) is 38.1 Å². The Balaban J connectivity index is 2.29. The van der Waals surface area contributed by atoms with E-state index in [4.69, 9.17) is 0 Å². The van der Waals surface area contributed by atoms with Crippen molar-refractivity contribution in [3.63, 3.8) is 0 Å². The van der Waals surface area contributed by atoms with E-state index in [9.17, 15) is 4.79 Å². The van der Waals surface area contributed by atoms with Crippen molar-refractivity contribution >= 4 is 12.4 Å². The van der Waals surface area contributed by atoms with Crippen LogP contribution >= 0.6 is 0 Å². The first-order chi connectivity index (χ1) is 8.53. The van der Waals surface area contributed by atoms with Crippen LogP contribution in [0, 0.1) is 0 Å². The van der Waals surface area contributed by atoms with E-state index in [1.54, 1.807) is 0 Å². The van der Waals surface area contributed by atoms with Gasteiger partial charge in [-0.25, -0.2) is 0 Å². The van der Waals surface area contributed by atoms with Crippen molar-refractivity contribution in [1.29, 1.82) is 0 Å². The van der Waals surface area contributed by atoms with Crippen molar-refractivity contribution in [2.75, 3.05) is 0 Å². The Kier molecular flexibility index (Phi) is 3.51. The Hall–Kier alpha value is -1.63. The molecule has 1 aromatic rings. The lowest BCUT2D eigenvalue weighted by Gasteiger charge is -2.18. The molecule has 0 unspecified atom stereocenters. The summed E-state index contributed by atoms with van der Waals surface area (Å²) in [5.74, 6) is 0. The summed E-state index contributed by atoms with van der Waals surface area (Å²) in [5.41, 5.74) is 5.60. The van der Waals surface area contributed by atoms with E-state index < -0.39 is 0 Å². The normalized spacial score (nSPS) is 18.1. The monoisotopic (exact) mass is 240 g/mol. The molecule has 0 saturated carbocycles. The molecule has 0 saturated heterocycles. The molecule has 0 fully saturated rings. The summed E-state index contributed by atoms with van der Waals surface area (Å²) in [6.45, 7) is 6.63. The van der Waals surface area contributed by atoms with Crippen LogP contribution in [0.3, 0.4) is 0 Å². The van der Waals surface area contributed by atoms with Crippen LogP contribution in [-0.4, -0.2) is 6.29 Å². The summed E-state index contributed by atoms with van der Waals surface area (Å²) < 4.78 is 0. The highest BCUT2D eigenvalue weighted by Gasteiger charge is 2.29. The molecule has 94 valence electrons. The molecule has 0 bridgehead atoms. The summed E-state index contributed by atoms with van der Waals surface area (Å²) in [6.07, 6.45) is 8.70. The highest BCUT2D eigenvalue weighted by atomic mass is 16.1. The van der Waals surface area contributed by atoms with E-state index in [1.165, 1.54) is 35.6 Å². The van der Waals surface area contributed by atoms with Gasteiger partial charge in [-0.15, -0.1) is 0 Å². The second kappa shape index (κ2) is 4.93. The molecule has 0 spiro atoms. The number of fused-ring (bicyclic) bond motifs is 1. The van der Waals surface area contributed by atoms with Crippen LogP contribution in [0.1, 0.15) is 43.9 Å². The second-order valence-electron chi connectivity index (χ2n) is 5.68. The predicted molar refractivity (Wildman–Crippen MR) is 76.6 cm³/mol. The highest BCUT2D eigenvalue weighted by molar-refractivity contribution is 5.67. The average Bonchev–Trinajstić information content (AvgIpc) is 2.62. The Bertz CT molecular complexity index is 518. The topological polar surface area (TPSA) is 17.1 Å². The zero-order chi connectivity index (χ0) is 13.2. The van der Waals surface area contributed by atoms with Crippen LogP contribution in [-0.2, 0) is 16.6 Å². The molecule has 0 aliphatic heterocycles. The number of allylic oxidation sites excluding steroid dienone is 3. The molecule has 0 radical (unpaired) electrons. The van der Waals surface area contributed by atoms with Gasteiger partial charge in [-0.2, -0.15) is 0 Å². The maximum Gasteiger partial charge on any atom is 0.142 e. The third kappa shape index (κ3) is 2.61. The zero-order valence-corrected chi connectivity index (χ0v) is 11.4. The quantitative estimate of drug-likeness (QED) is 0.442. The number of hydrogen-bond donors (Lipinski definition) is 0. The molecular weight excluding hydrogens is 220 g/mol. The van der Waals surface area contributed by atoms with Gasteiger partial charge >= 0.3 is 0 Å². The zero-order valence-electron chi connectivity index (χ0n) is 11.4. The number of carbonyl (C=O) groups is 1. The van der Waals surface area contributed by atoms with E-state index in [-0.39, 0.29) is 0 Å². The average molecular weight is 240 g/mol. The minimum atomic E-state index is 0.323. The number of carbonyl (C=O) groups excluding carboxylic acids is 1. The first-order valence-corrected chi connectivity index (χ1v) is 6.46. The number of aryl methyl sites for hydroxylation is 1. The summed E-state index contributed by atoms with van der Waals surface area (Å²) >= 11 is 0. The standard InChI is InChI=1S/C17H20O/c1-13(5-4-10-18)11-14-6-7-16-15(12-14)8-9-17(16,2)3/h4-7,10-12H,8-9H2,1-3H3/b5-4+,13-11-. The van der Waals surface area contributed by atoms with Gasteiger partial charge in [-0.05, 0) is 47.9 Å². The molecule has 0 aromatic heterocycles. The largest absolute Gasteiger partial charge is 0.299 e. The first-order valence-electron chi connectivity index (χ1n) is 6.46. The van der Waals surface area contributed by atoms with Gasteiger partial charge in [0, 0.05) is 0 Å². The molecule has 1 aromatic carbocycles. The SMILES string of the molecule is CC(=C/c1ccc2c(c1)CCC2(C)C)/C=C/C=O. The van der Waals surface area contributed by atoms with Crippen LogP contribution in [0.15, 0.2) is 35.9 Å². The molecule has 0 N–H and O–H groups in total. The maximum atomic E-state index is 10.3. The third-order valence-electron chi connectivity index (χ3n) is 3.71. The van der Waals surface area contributed by atoms with Gasteiger partial charge in [0.05, 0.1) is 0 Å². The Morgan fingerprint density at radius 1 is 1.33 bits per heavy atom. The molecule has 0 atom stereocenters. The van der Waals surface area contributed by atoms with Crippen molar-refractivity contribution in [3.8, 4) is 0 Å². The number of hydrogen-bond acceptors (Lipinski definition) is 1. The summed E-state index contributed by atoms with van der Waals surface area (Å²) in [7, 11) is 0. The van der Waals surface area contributed by atoms with E-state index in [0.29, 0.717) is 5.41 Å². The smallest absolute Gasteiger partial charge is 0.142 e. The molecule has 1 aliphatic rings. The third-order valence-corrected chi connectivity index (χ3v) is 3.71. The van der Waals surface area contributed by atoms with Crippen LogP contribution in [0.5, 0.6) is 0 Å². The minimum absolute atomic E-state index is 0.323. The van der Waals surface area contributed by atoms with Gasteiger partial charge in [-0.1, -0.05) is 49.8 Å². The lowest BCUT2D eigenvalue weighted by atomic mass is 9.86. The van der Waals surface area contributed by atoms with Gasteiger partial charge in [0.2, 0.25) is 0 Å². The maximum absolute atomic E-state index is 10.3. The predicted octanol–water partition coefficient (Wildman–Crippen LogP) is 4.07. The van der Waals surface area contributed by atoms with Crippen molar-refractivity contribution < 1.29 is 4.79 Å². The van der Waals surface area contributed by atoms with Gasteiger partial charge in [0.25, 0.3) is 0 Å². The Morgan fingerprint density at radius 2 is 2.11 bits per heavy atom. The van der Waals surface area contributed by atoms with Gasteiger partial charge in [0.15, 0.2) is 0 Å². The Labute approximate surface area is 109 Å². The molecular formula is C17H20O. The molecule has 0 amide bonds. The van der Waals surface area contributed by atoms with Crippen LogP contribution in [0.2, 0.25) is 0 Å². The Morgan fingerprint density at radius 3 is 2.83 bits per heavy atom. The minimum Gasteiger partial charge on any atom is -0.299 e. The number of benzene rings is 1. The van der Waals surface area contributed by atoms with Crippen molar-refractivity contribution in [2.24, 2.45) is 0 Å². The van der Waals surface area contributed by atoms with Gasteiger partial charge in [-0.3, -0.25) is 4.79 Å². The van der Waals surface area contributed by atoms with Crippen LogP contribution < -0.4 is 0 Å². The van der Waals surface area contributed by atoms with Gasteiger partial charge in [0.1, 0.15) is 6.29 Å². The van der Waals surface area contributed by atoms with E-state index in [0.717, 1.165) is 11.9 Å². The lowest BCUT2D eigenvalue weighted by Crippen LogP contribution is -2.11. The van der Waals surface area contributed by atoms with Crippen molar-refractivity contribution in [3.05, 3.63) is 52.6 Å². The van der Waals surface area contributed by atoms with Crippen LogP contribution in [0.4, 0.5) is 0 Å². The van der Waals surface area contributed by atoms with Crippen molar-refractivity contribution in [1.82, 2.24) is 0 Å². The molecule has 0 heterocycles. The highest BCUT2D eigenvalue weighted by Crippen LogP contribution is 2.38. The number of rotatable bonds is 3. The molecule has 1 heteroatoms. The fourth-order valence-corrected chi connectivity index (χ4v) is 2.65. The summed E-state index contributed by atoms with van der Waals surface area (Å²) in [4.78, 5) is 10.3.